The number of carbonyl (C=O) groups is 2. The van der Waals surface area contributed by atoms with Crippen molar-refractivity contribution in [3.05, 3.63) is 36.0 Å². The van der Waals surface area contributed by atoms with Crippen LogP contribution in [0.1, 0.15) is 10.4 Å². The molecule has 0 aliphatic carbocycles. The molecule has 2 N–H and O–H groups in total. The Bertz CT molecular complexity index is 518. The third-order valence-electron chi connectivity index (χ3n) is 2.03. The number of nitrogens with one attached hydrogen (secondary N) is 1. The van der Waals surface area contributed by atoms with Gasteiger partial charge in [-0.3, -0.25) is 4.79 Å². The minimum Gasteiger partial charge on any atom is -0.475 e. The zero-order chi connectivity index (χ0) is 10.1. The molecule has 0 unspecified atom stereocenters. The number of hydrogen-bond donors (Lipinski definition) is 2. The van der Waals surface area contributed by atoms with E-state index in [-0.39, 0.29) is 18.0 Å². The number of benzene rings is 1. The van der Waals surface area contributed by atoms with Gasteiger partial charge in [0.2, 0.25) is 0 Å². The van der Waals surface area contributed by atoms with Crippen LogP contribution in [0.15, 0.2) is 30.5 Å². The lowest BCUT2D eigenvalue weighted by Crippen LogP contribution is -2.11. The van der Waals surface area contributed by atoms with Crippen molar-refractivity contribution in [1.29, 1.82) is 0 Å². The van der Waals surface area contributed by atoms with Gasteiger partial charge in [-0.25, -0.2) is 4.79 Å². The molecular formula is C10H8ClNO3. The molecule has 2 aromatic rings. The molecule has 0 radical (unpaired) electrons. The highest BCUT2D eigenvalue weighted by atomic mass is 35.5. The summed E-state index contributed by atoms with van der Waals surface area (Å²) in [6.45, 7) is 0. The zero-order valence-corrected chi connectivity index (χ0v) is 8.38. The number of carbonyl (C=O) groups excluding carboxylic acids is 1. The van der Waals surface area contributed by atoms with Gasteiger partial charge >= 0.3 is 5.97 Å². The minimum absolute atomic E-state index is 0. The third kappa shape index (κ3) is 1.85. The maximum absolute atomic E-state index is 11.2. The summed E-state index contributed by atoms with van der Waals surface area (Å²) in [6.07, 6.45) is 1.42. The van der Waals surface area contributed by atoms with Crippen molar-refractivity contribution in [2.75, 3.05) is 0 Å². The average molecular weight is 226 g/mol. The van der Waals surface area contributed by atoms with Gasteiger partial charge in [0.1, 0.15) is 0 Å². The lowest BCUT2D eigenvalue weighted by atomic mass is 10.1. The van der Waals surface area contributed by atoms with Crippen LogP contribution in [-0.2, 0) is 4.79 Å². The summed E-state index contributed by atoms with van der Waals surface area (Å²) < 4.78 is 0. The van der Waals surface area contributed by atoms with Crippen LogP contribution in [-0.4, -0.2) is 21.8 Å². The molecule has 5 heteroatoms. The van der Waals surface area contributed by atoms with Crippen molar-refractivity contribution in [1.82, 2.24) is 4.98 Å². The molecule has 0 saturated carbocycles. The number of aliphatic carboxylic acids is 1. The molecule has 15 heavy (non-hydrogen) atoms. The number of hydrogen-bond acceptors (Lipinski definition) is 2. The number of fused-ring (bicyclic) bond motifs is 1. The number of halogens is 1. The Labute approximate surface area is 91.3 Å². The number of carboxylic acid groups (broad SMARTS) is 1. The monoisotopic (exact) mass is 225 g/mol. The number of Topliss-reactive ketones (excluding diaryl/α,β-unsaturated/α-hetero) is 1. The summed E-state index contributed by atoms with van der Waals surface area (Å²) in [5.74, 6) is -2.32. The molecule has 2 rings (SSSR count). The Morgan fingerprint density at radius 3 is 2.53 bits per heavy atom. The number of carboxylic acids is 1. The molecule has 0 fully saturated rings. The second-order valence-electron chi connectivity index (χ2n) is 2.88. The van der Waals surface area contributed by atoms with E-state index in [0.717, 1.165) is 5.52 Å². The van der Waals surface area contributed by atoms with E-state index in [1.807, 2.05) is 6.07 Å². The fourth-order valence-corrected chi connectivity index (χ4v) is 1.37. The van der Waals surface area contributed by atoms with Crippen LogP contribution in [0, 0.1) is 0 Å². The summed E-state index contributed by atoms with van der Waals surface area (Å²) in [4.78, 5) is 24.5. The molecule has 4 nitrogen and oxygen atoms in total. The highest BCUT2D eigenvalue weighted by molar-refractivity contribution is 6.42. The number of aromatic nitrogens is 1. The van der Waals surface area contributed by atoms with Gasteiger partial charge < -0.3 is 10.1 Å². The molecule has 0 aliphatic rings. The van der Waals surface area contributed by atoms with Crippen molar-refractivity contribution in [3.63, 3.8) is 0 Å². The minimum atomic E-state index is -1.44. The quantitative estimate of drug-likeness (QED) is 0.605. The molecule has 0 saturated heterocycles. The molecule has 1 heterocycles. The van der Waals surface area contributed by atoms with Gasteiger partial charge in [-0.15, -0.1) is 12.4 Å². The first-order valence-corrected chi connectivity index (χ1v) is 4.04. The first kappa shape index (κ1) is 11.3. The SMILES string of the molecule is Cl.O=C(O)C(=O)c1c[nH]c2ccccc12. The van der Waals surface area contributed by atoms with Gasteiger partial charge in [-0.2, -0.15) is 0 Å². The van der Waals surface area contributed by atoms with E-state index in [1.54, 1.807) is 18.2 Å². The molecule has 0 atom stereocenters. The van der Waals surface area contributed by atoms with Crippen LogP contribution < -0.4 is 0 Å². The first-order chi connectivity index (χ1) is 6.70. The number of H-pyrrole nitrogens is 1. The number of para-hydroxylation sites is 1. The van der Waals surface area contributed by atoms with Crippen LogP contribution in [0.3, 0.4) is 0 Å². The van der Waals surface area contributed by atoms with Gasteiger partial charge in [-0.05, 0) is 6.07 Å². The summed E-state index contributed by atoms with van der Waals surface area (Å²) in [6, 6.07) is 7.07. The van der Waals surface area contributed by atoms with E-state index in [2.05, 4.69) is 4.98 Å². The predicted octanol–water partition coefficient (Wildman–Crippen LogP) is 1.86. The molecule has 0 bridgehead atoms. The van der Waals surface area contributed by atoms with Crippen molar-refractivity contribution in [3.8, 4) is 0 Å². The van der Waals surface area contributed by atoms with E-state index in [1.165, 1.54) is 6.20 Å². The highest BCUT2D eigenvalue weighted by Crippen LogP contribution is 2.17. The predicted molar refractivity (Wildman–Crippen MR) is 57.5 cm³/mol. The van der Waals surface area contributed by atoms with Gasteiger partial charge in [0.25, 0.3) is 5.78 Å². The largest absolute Gasteiger partial charge is 0.475 e. The van der Waals surface area contributed by atoms with Crippen LogP contribution in [0.25, 0.3) is 10.9 Å². The topological polar surface area (TPSA) is 70.2 Å². The van der Waals surface area contributed by atoms with Gasteiger partial charge in [0.15, 0.2) is 0 Å². The lowest BCUT2D eigenvalue weighted by molar-refractivity contribution is -0.131. The Morgan fingerprint density at radius 2 is 1.87 bits per heavy atom. The number of ketones is 1. The molecule has 0 aliphatic heterocycles. The van der Waals surface area contributed by atoms with Crippen LogP contribution >= 0.6 is 12.4 Å². The number of aromatic amines is 1. The first-order valence-electron chi connectivity index (χ1n) is 4.04. The molecule has 1 aromatic carbocycles. The fourth-order valence-electron chi connectivity index (χ4n) is 1.37. The van der Waals surface area contributed by atoms with Crippen molar-refractivity contribution in [2.24, 2.45) is 0 Å². The van der Waals surface area contributed by atoms with Crippen molar-refractivity contribution >= 4 is 35.1 Å². The third-order valence-corrected chi connectivity index (χ3v) is 2.03. The normalized spacial score (nSPS) is 9.60. The van der Waals surface area contributed by atoms with E-state index in [4.69, 9.17) is 5.11 Å². The zero-order valence-electron chi connectivity index (χ0n) is 7.56. The Kier molecular flexibility index (Phi) is 3.11. The van der Waals surface area contributed by atoms with Crippen molar-refractivity contribution < 1.29 is 14.7 Å². The second-order valence-corrected chi connectivity index (χ2v) is 2.88. The Balaban J connectivity index is 0.00000112. The van der Waals surface area contributed by atoms with Crippen LogP contribution in [0.4, 0.5) is 0 Å². The van der Waals surface area contributed by atoms with E-state index < -0.39 is 11.8 Å². The number of rotatable bonds is 2. The van der Waals surface area contributed by atoms with E-state index >= 15 is 0 Å². The summed E-state index contributed by atoms with van der Waals surface area (Å²) in [5.41, 5.74) is 0.963. The van der Waals surface area contributed by atoms with E-state index in [9.17, 15) is 9.59 Å². The molecule has 0 amide bonds. The van der Waals surface area contributed by atoms with Crippen LogP contribution in [0.5, 0.6) is 0 Å². The smallest absolute Gasteiger partial charge is 0.377 e. The average Bonchev–Trinajstić information content (AvgIpc) is 2.60. The molecule has 78 valence electrons. The van der Waals surface area contributed by atoms with Gasteiger partial charge in [0.05, 0.1) is 5.56 Å². The highest BCUT2D eigenvalue weighted by Gasteiger charge is 2.17. The summed E-state index contributed by atoms with van der Waals surface area (Å²) in [5, 5.41) is 9.19. The van der Waals surface area contributed by atoms with Crippen LogP contribution in [0.2, 0.25) is 0 Å². The Hall–Kier alpha value is -1.81. The molecule has 0 spiro atoms. The van der Waals surface area contributed by atoms with Gasteiger partial charge in [-0.1, -0.05) is 18.2 Å². The van der Waals surface area contributed by atoms with E-state index in [0.29, 0.717) is 5.39 Å². The molecular weight excluding hydrogens is 218 g/mol. The van der Waals surface area contributed by atoms with Gasteiger partial charge in [0, 0.05) is 17.1 Å². The fraction of sp³-hybridized carbons (Fsp3) is 0. The summed E-state index contributed by atoms with van der Waals surface area (Å²) in [7, 11) is 0. The maximum atomic E-state index is 11.2. The Morgan fingerprint density at radius 1 is 1.20 bits per heavy atom. The summed E-state index contributed by atoms with van der Waals surface area (Å²) >= 11 is 0. The maximum Gasteiger partial charge on any atom is 0.377 e. The molecule has 1 aromatic heterocycles. The second kappa shape index (κ2) is 4.14. The van der Waals surface area contributed by atoms with Crippen molar-refractivity contribution in [2.45, 2.75) is 0 Å². The lowest BCUT2D eigenvalue weighted by Gasteiger charge is -1.92. The standard InChI is InChI=1S/C10H7NO3.ClH/c12-9(10(13)14)7-5-11-8-4-2-1-3-6(7)8;/h1-5,11H,(H,13,14);1H.